The lowest BCUT2D eigenvalue weighted by atomic mass is 9.95. The second-order valence-electron chi connectivity index (χ2n) is 2.82. The van der Waals surface area contributed by atoms with Crippen molar-refractivity contribution in [1.29, 1.82) is 0 Å². The van der Waals surface area contributed by atoms with E-state index in [1.165, 1.54) is 6.92 Å². The molecule has 0 aliphatic rings. The van der Waals surface area contributed by atoms with Gasteiger partial charge >= 0.3 is 0 Å². The van der Waals surface area contributed by atoms with E-state index in [1.54, 1.807) is 0 Å². The minimum atomic E-state index is -1.80. The highest BCUT2D eigenvalue weighted by atomic mass is 16.3. The van der Waals surface area contributed by atoms with Crippen LogP contribution in [0.2, 0.25) is 0 Å². The predicted molar refractivity (Wildman–Crippen MR) is 40.7 cm³/mol. The first kappa shape index (κ1) is 10.4. The maximum Gasteiger partial charge on any atom is 0.251 e. The summed E-state index contributed by atoms with van der Waals surface area (Å²) >= 11 is 0. The van der Waals surface area contributed by atoms with E-state index in [0.717, 1.165) is 0 Å². The van der Waals surface area contributed by atoms with Crippen molar-refractivity contribution in [3.63, 3.8) is 0 Å². The van der Waals surface area contributed by atoms with Crippen molar-refractivity contribution in [2.75, 3.05) is 0 Å². The molecule has 11 heavy (non-hydrogen) atoms. The molecule has 2 unspecified atom stereocenters. The molecule has 0 rings (SSSR count). The molecule has 0 fully saturated rings. The van der Waals surface area contributed by atoms with Crippen LogP contribution in [-0.2, 0) is 4.79 Å². The van der Waals surface area contributed by atoms with E-state index in [-0.39, 0.29) is 0 Å². The van der Waals surface area contributed by atoms with Gasteiger partial charge in [0.05, 0.1) is 6.10 Å². The van der Waals surface area contributed by atoms with Crippen LogP contribution in [0.25, 0.3) is 0 Å². The average Bonchev–Trinajstić information content (AvgIpc) is 1.88. The standard InChI is InChI=1S/C7H15NO3/c1-3-4-5(9)7(2,11)6(8)10/h5,9,11H,3-4H2,1-2H3,(H2,8,10). The third-order valence-corrected chi connectivity index (χ3v) is 1.71. The number of aliphatic hydroxyl groups is 2. The molecular formula is C7H15NO3. The summed E-state index contributed by atoms with van der Waals surface area (Å²) in [7, 11) is 0. The van der Waals surface area contributed by atoms with Crippen molar-refractivity contribution in [3.8, 4) is 0 Å². The molecular weight excluding hydrogens is 146 g/mol. The monoisotopic (exact) mass is 161 g/mol. The van der Waals surface area contributed by atoms with E-state index in [4.69, 9.17) is 5.73 Å². The van der Waals surface area contributed by atoms with Gasteiger partial charge in [0, 0.05) is 0 Å². The van der Waals surface area contributed by atoms with Gasteiger partial charge in [-0.25, -0.2) is 0 Å². The lowest BCUT2D eigenvalue weighted by Gasteiger charge is -2.24. The highest BCUT2D eigenvalue weighted by Gasteiger charge is 2.35. The van der Waals surface area contributed by atoms with Gasteiger partial charge < -0.3 is 15.9 Å². The van der Waals surface area contributed by atoms with Gasteiger partial charge in [-0.1, -0.05) is 13.3 Å². The van der Waals surface area contributed by atoms with Crippen LogP contribution in [0.15, 0.2) is 0 Å². The first-order valence-electron chi connectivity index (χ1n) is 3.63. The molecule has 66 valence electrons. The number of carbonyl (C=O) groups excluding carboxylic acids is 1. The van der Waals surface area contributed by atoms with E-state index in [0.29, 0.717) is 12.8 Å². The molecule has 0 aromatic heterocycles. The number of aliphatic hydroxyl groups excluding tert-OH is 1. The average molecular weight is 161 g/mol. The normalized spacial score (nSPS) is 18.9. The zero-order valence-electron chi connectivity index (χ0n) is 6.87. The van der Waals surface area contributed by atoms with E-state index in [9.17, 15) is 15.0 Å². The van der Waals surface area contributed by atoms with Crippen molar-refractivity contribution in [1.82, 2.24) is 0 Å². The molecule has 0 bridgehead atoms. The summed E-state index contributed by atoms with van der Waals surface area (Å²) < 4.78 is 0. The maximum absolute atomic E-state index is 10.5. The highest BCUT2D eigenvalue weighted by molar-refractivity contribution is 5.83. The smallest absolute Gasteiger partial charge is 0.251 e. The topological polar surface area (TPSA) is 83.6 Å². The molecule has 0 aromatic carbocycles. The lowest BCUT2D eigenvalue weighted by molar-refractivity contribution is -0.146. The third-order valence-electron chi connectivity index (χ3n) is 1.71. The molecule has 2 atom stereocenters. The Balaban J connectivity index is 4.17. The van der Waals surface area contributed by atoms with Crippen molar-refractivity contribution in [2.24, 2.45) is 5.73 Å². The molecule has 4 N–H and O–H groups in total. The highest BCUT2D eigenvalue weighted by Crippen LogP contribution is 2.13. The molecule has 0 radical (unpaired) electrons. The fourth-order valence-electron chi connectivity index (χ4n) is 0.719. The fraction of sp³-hybridized carbons (Fsp3) is 0.857. The number of primary amides is 1. The van der Waals surface area contributed by atoms with E-state index < -0.39 is 17.6 Å². The van der Waals surface area contributed by atoms with Crippen LogP contribution in [0.3, 0.4) is 0 Å². The summed E-state index contributed by atoms with van der Waals surface area (Å²) in [6.45, 7) is 3.07. The second-order valence-corrected chi connectivity index (χ2v) is 2.82. The maximum atomic E-state index is 10.5. The number of hydrogen-bond acceptors (Lipinski definition) is 3. The molecule has 0 heterocycles. The van der Waals surface area contributed by atoms with Gasteiger partial charge in [0.1, 0.15) is 0 Å². The van der Waals surface area contributed by atoms with Crippen LogP contribution < -0.4 is 5.73 Å². The van der Waals surface area contributed by atoms with Gasteiger partial charge in [-0.2, -0.15) is 0 Å². The summed E-state index contributed by atoms with van der Waals surface area (Å²) in [6, 6.07) is 0. The fourth-order valence-corrected chi connectivity index (χ4v) is 0.719. The van der Waals surface area contributed by atoms with Crippen molar-refractivity contribution in [3.05, 3.63) is 0 Å². The molecule has 4 nitrogen and oxygen atoms in total. The largest absolute Gasteiger partial charge is 0.390 e. The number of hydrogen-bond donors (Lipinski definition) is 3. The van der Waals surface area contributed by atoms with Gasteiger partial charge in [0.2, 0.25) is 0 Å². The summed E-state index contributed by atoms with van der Waals surface area (Å²) in [5, 5.41) is 18.5. The number of amides is 1. The molecule has 1 amide bonds. The van der Waals surface area contributed by atoms with Gasteiger partial charge in [-0.15, -0.1) is 0 Å². The quantitative estimate of drug-likeness (QED) is 0.514. The van der Waals surface area contributed by atoms with Crippen LogP contribution in [-0.4, -0.2) is 27.8 Å². The van der Waals surface area contributed by atoms with Crippen LogP contribution in [0.4, 0.5) is 0 Å². The second kappa shape index (κ2) is 3.69. The Bertz CT molecular complexity index is 145. The summed E-state index contributed by atoms with van der Waals surface area (Å²) in [4.78, 5) is 10.5. The Kier molecular flexibility index (Phi) is 3.48. The Hall–Kier alpha value is -0.610. The van der Waals surface area contributed by atoms with Gasteiger partial charge in [0.15, 0.2) is 5.60 Å². The molecule has 0 saturated heterocycles. The number of carbonyl (C=O) groups is 1. The molecule has 0 aliphatic carbocycles. The van der Waals surface area contributed by atoms with Crippen LogP contribution >= 0.6 is 0 Å². The predicted octanol–water partition coefficient (Wildman–Crippen LogP) is -0.616. The number of nitrogens with two attached hydrogens (primary N) is 1. The van der Waals surface area contributed by atoms with Crippen molar-refractivity contribution < 1.29 is 15.0 Å². The molecule has 0 aromatic rings. The Morgan fingerprint density at radius 1 is 1.73 bits per heavy atom. The Labute approximate surface area is 66.0 Å². The molecule has 0 saturated carbocycles. The van der Waals surface area contributed by atoms with Crippen molar-refractivity contribution >= 4 is 5.91 Å². The summed E-state index contributed by atoms with van der Waals surface area (Å²) in [5.74, 6) is -0.890. The lowest BCUT2D eigenvalue weighted by Crippen LogP contribution is -2.50. The van der Waals surface area contributed by atoms with E-state index in [2.05, 4.69) is 0 Å². The van der Waals surface area contributed by atoms with Crippen LogP contribution in [0.1, 0.15) is 26.7 Å². The summed E-state index contributed by atoms with van der Waals surface area (Å²) in [5.41, 5.74) is 3.06. The molecule has 4 heteroatoms. The van der Waals surface area contributed by atoms with Crippen molar-refractivity contribution in [2.45, 2.75) is 38.4 Å². The summed E-state index contributed by atoms with van der Waals surface area (Å²) in [6.07, 6.45) is 0.00516. The SMILES string of the molecule is CCCC(O)C(C)(O)C(N)=O. The molecule has 0 spiro atoms. The minimum Gasteiger partial charge on any atom is -0.390 e. The first-order valence-corrected chi connectivity index (χ1v) is 3.63. The van der Waals surface area contributed by atoms with Gasteiger partial charge in [0.25, 0.3) is 5.91 Å². The Morgan fingerprint density at radius 2 is 2.18 bits per heavy atom. The minimum absolute atomic E-state index is 0.371. The van der Waals surface area contributed by atoms with Gasteiger partial charge in [-0.3, -0.25) is 4.79 Å². The first-order chi connectivity index (χ1) is 4.92. The zero-order chi connectivity index (χ0) is 9.07. The van der Waals surface area contributed by atoms with E-state index >= 15 is 0 Å². The molecule has 0 aliphatic heterocycles. The zero-order valence-corrected chi connectivity index (χ0v) is 6.87. The van der Waals surface area contributed by atoms with Gasteiger partial charge in [-0.05, 0) is 13.3 Å². The number of rotatable bonds is 4. The van der Waals surface area contributed by atoms with Crippen LogP contribution in [0, 0.1) is 0 Å². The Morgan fingerprint density at radius 3 is 2.45 bits per heavy atom. The third kappa shape index (κ3) is 2.48. The van der Waals surface area contributed by atoms with Crippen LogP contribution in [0.5, 0.6) is 0 Å². The van der Waals surface area contributed by atoms with E-state index in [1.807, 2.05) is 6.92 Å².